The van der Waals surface area contributed by atoms with E-state index in [1.165, 1.54) is 4.57 Å². The van der Waals surface area contributed by atoms with Crippen molar-refractivity contribution in [1.29, 1.82) is 0 Å². The summed E-state index contributed by atoms with van der Waals surface area (Å²) in [5, 5.41) is 9.78. The van der Waals surface area contributed by atoms with Crippen LogP contribution >= 0.6 is 11.6 Å². The summed E-state index contributed by atoms with van der Waals surface area (Å²) < 4.78 is 10.4. The van der Waals surface area contributed by atoms with E-state index in [-0.39, 0.29) is 19.3 Å². The van der Waals surface area contributed by atoms with Gasteiger partial charge in [0.1, 0.15) is 6.10 Å². The Morgan fingerprint density at radius 3 is 2.53 bits per heavy atom. The van der Waals surface area contributed by atoms with E-state index in [1.807, 2.05) is 12.1 Å². The van der Waals surface area contributed by atoms with Crippen LogP contribution in [0.4, 0.5) is 0 Å². The summed E-state index contributed by atoms with van der Waals surface area (Å²) in [7, 11) is 1.60. The van der Waals surface area contributed by atoms with Crippen LogP contribution in [0.25, 0.3) is 11.2 Å². The summed E-state index contributed by atoms with van der Waals surface area (Å²) in [6.07, 6.45) is 4.48. The highest BCUT2D eigenvalue weighted by atomic mass is 35.5. The lowest BCUT2D eigenvalue weighted by atomic mass is 10.2. The summed E-state index contributed by atoms with van der Waals surface area (Å²) in [5.74, 6) is 0. The lowest BCUT2D eigenvalue weighted by Crippen LogP contribution is -2.39. The van der Waals surface area contributed by atoms with E-state index in [9.17, 15) is 9.59 Å². The minimum Gasteiger partial charge on any atom is -0.461 e. The number of halogens is 1. The molecular formula is C21H25ClN4O4. The maximum Gasteiger partial charge on any atom is 0.332 e. The first-order valence-corrected chi connectivity index (χ1v) is 10.6. The van der Waals surface area contributed by atoms with E-state index in [4.69, 9.17) is 21.4 Å². The molecule has 0 bridgehead atoms. The van der Waals surface area contributed by atoms with Crippen LogP contribution in [0, 0.1) is 0 Å². The smallest absolute Gasteiger partial charge is 0.332 e. The highest BCUT2D eigenvalue weighted by Crippen LogP contribution is 2.26. The number of hydrogen-bond acceptors (Lipinski definition) is 5. The summed E-state index contributed by atoms with van der Waals surface area (Å²) >= 11 is 6.01. The number of aryl methyl sites for hydroxylation is 1. The van der Waals surface area contributed by atoms with Crippen molar-refractivity contribution in [1.82, 2.24) is 18.7 Å². The maximum absolute atomic E-state index is 13.3. The van der Waals surface area contributed by atoms with Gasteiger partial charge < -0.3 is 9.84 Å². The van der Waals surface area contributed by atoms with Gasteiger partial charge in [0, 0.05) is 25.2 Å². The van der Waals surface area contributed by atoms with Crippen LogP contribution in [0.5, 0.6) is 6.01 Å². The van der Waals surface area contributed by atoms with Crippen molar-refractivity contribution in [2.24, 2.45) is 7.05 Å². The van der Waals surface area contributed by atoms with Gasteiger partial charge in [-0.15, -0.1) is 0 Å². The Bertz CT molecular complexity index is 1160. The van der Waals surface area contributed by atoms with Crippen molar-refractivity contribution in [3.05, 3.63) is 55.7 Å². The lowest BCUT2D eigenvalue weighted by Gasteiger charge is -2.14. The molecule has 0 saturated heterocycles. The fraction of sp³-hybridized carbons (Fsp3) is 0.476. The Balaban J connectivity index is 1.88. The van der Waals surface area contributed by atoms with E-state index in [1.54, 1.807) is 23.7 Å². The monoisotopic (exact) mass is 432 g/mol. The molecule has 3 aromatic rings. The van der Waals surface area contributed by atoms with Gasteiger partial charge in [0.2, 0.25) is 0 Å². The number of hydrogen-bond donors (Lipinski definition) is 1. The van der Waals surface area contributed by atoms with Gasteiger partial charge in [0.05, 0.1) is 6.54 Å². The lowest BCUT2D eigenvalue weighted by molar-refractivity contribution is 0.186. The van der Waals surface area contributed by atoms with Crippen molar-refractivity contribution in [3.63, 3.8) is 0 Å². The molecular weight excluding hydrogens is 408 g/mol. The molecule has 0 amide bonds. The Hall–Kier alpha value is -2.58. The van der Waals surface area contributed by atoms with Crippen LogP contribution in [0.3, 0.4) is 0 Å². The molecule has 1 fully saturated rings. The number of fused-ring (bicyclic) bond motifs is 1. The van der Waals surface area contributed by atoms with Crippen LogP contribution in [-0.2, 0) is 20.1 Å². The molecule has 2 aromatic heterocycles. The summed E-state index contributed by atoms with van der Waals surface area (Å²) in [5.41, 5.74) is 0.670. The second kappa shape index (κ2) is 8.65. The zero-order chi connectivity index (χ0) is 21.3. The molecule has 1 N–H and O–H groups in total. The average Bonchev–Trinajstić information content (AvgIpc) is 3.37. The highest BCUT2D eigenvalue weighted by molar-refractivity contribution is 6.30. The average molecular weight is 433 g/mol. The fourth-order valence-corrected chi connectivity index (χ4v) is 4.07. The number of benzene rings is 1. The normalized spacial score (nSPS) is 14.6. The van der Waals surface area contributed by atoms with Gasteiger partial charge in [-0.1, -0.05) is 23.7 Å². The first kappa shape index (κ1) is 20.7. The zero-order valence-electron chi connectivity index (χ0n) is 16.9. The molecule has 160 valence electrons. The van der Waals surface area contributed by atoms with Crippen LogP contribution in [0.2, 0.25) is 5.02 Å². The molecule has 2 heterocycles. The topological polar surface area (TPSA) is 91.3 Å². The summed E-state index contributed by atoms with van der Waals surface area (Å²) in [6.45, 7) is 0.403. The number of imidazole rings is 1. The predicted octanol–water partition coefficient (Wildman–Crippen LogP) is 2.30. The summed E-state index contributed by atoms with van der Waals surface area (Å²) in [6, 6.07) is 7.71. The Kier molecular flexibility index (Phi) is 5.97. The number of aliphatic hydroxyl groups excluding tert-OH is 1. The van der Waals surface area contributed by atoms with Crippen LogP contribution < -0.4 is 16.0 Å². The van der Waals surface area contributed by atoms with Gasteiger partial charge in [-0.25, -0.2) is 4.79 Å². The second-order valence-corrected chi connectivity index (χ2v) is 8.12. The number of nitrogens with zero attached hydrogens (tertiary/aromatic N) is 4. The molecule has 4 rings (SSSR count). The molecule has 1 aliphatic rings. The molecule has 9 heteroatoms. The van der Waals surface area contributed by atoms with E-state index in [2.05, 4.69) is 4.98 Å². The van der Waals surface area contributed by atoms with Crippen molar-refractivity contribution in [2.45, 2.75) is 51.3 Å². The summed E-state index contributed by atoms with van der Waals surface area (Å²) in [4.78, 5) is 30.5. The van der Waals surface area contributed by atoms with Crippen molar-refractivity contribution < 1.29 is 9.84 Å². The van der Waals surface area contributed by atoms with Crippen molar-refractivity contribution in [3.8, 4) is 6.01 Å². The first-order valence-electron chi connectivity index (χ1n) is 10.2. The molecule has 1 aromatic carbocycles. The van der Waals surface area contributed by atoms with Gasteiger partial charge in [-0.3, -0.25) is 18.5 Å². The molecule has 0 unspecified atom stereocenters. The molecule has 0 aliphatic heterocycles. The fourth-order valence-electron chi connectivity index (χ4n) is 3.94. The SMILES string of the molecule is Cn1c(=O)n(CCCO)c(=O)c2c1nc(OC1CCCC1)n2Cc1ccc(Cl)cc1. The quantitative estimate of drug-likeness (QED) is 0.618. The van der Waals surface area contributed by atoms with Gasteiger partial charge in [0.25, 0.3) is 11.6 Å². The minimum atomic E-state index is -0.454. The number of rotatable bonds is 7. The maximum atomic E-state index is 13.3. The van der Waals surface area contributed by atoms with Crippen molar-refractivity contribution in [2.75, 3.05) is 6.61 Å². The van der Waals surface area contributed by atoms with Crippen LogP contribution in [-0.4, -0.2) is 36.5 Å². The van der Waals surface area contributed by atoms with Crippen LogP contribution in [0.1, 0.15) is 37.7 Å². The van der Waals surface area contributed by atoms with Crippen molar-refractivity contribution >= 4 is 22.8 Å². The Morgan fingerprint density at radius 1 is 1.17 bits per heavy atom. The number of aromatic nitrogens is 4. The van der Waals surface area contributed by atoms with Gasteiger partial charge in [0.15, 0.2) is 11.2 Å². The van der Waals surface area contributed by atoms with Gasteiger partial charge in [-0.05, 0) is 49.8 Å². The van der Waals surface area contributed by atoms with Gasteiger partial charge in [-0.2, -0.15) is 4.98 Å². The number of aliphatic hydroxyl groups is 1. The van der Waals surface area contributed by atoms with Gasteiger partial charge >= 0.3 is 5.69 Å². The molecule has 0 atom stereocenters. The minimum absolute atomic E-state index is 0.0550. The molecule has 30 heavy (non-hydrogen) atoms. The molecule has 0 spiro atoms. The number of ether oxygens (including phenoxy) is 1. The van der Waals surface area contributed by atoms with E-state index in [0.29, 0.717) is 35.2 Å². The Labute approximate surface area is 178 Å². The third kappa shape index (κ3) is 3.89. The first-order chi connectivity index (χ1) is 14.5. The van der Waals surface area contributed by atoms with E-state index in [0.717, 1.165) is 35.8 Å². The van der Waals surface area contributed by atoms with E-state index >= 15 is 0 Å². The Morgan fingerprint density at radius 2 is 1.87 bits per heavy atom. The third-order valence-corrected chi connectivity index (χ3v) is 5.82. The van der Waals surface area contributed by atoms with Crippen LogP contribution in [0.15, 0.2) is 33.9 Å². The standard InChI is InChI=1S/C21H25ClN4O4/c1-24-18-17(19(28)25(21(24)29)11-4-12-27)26(13-14-7-9-15(22)10-8-14)20(23-18)30-16-5-2-3-6-16/h7-10,16,27H,2-6,11-13H2,1H3. The van der Waals surface area contributed by atoms with E-state index < -0.39 is 11.2 Å². The molecule has 8 nitrogen and oxygen atoms in total. The second-order valence-electron chi connectivity index (χ2n) is 7.68. The largest absolute Gasteiger partial charge is 0.461 e. The third-order valence-electron chi connectivity index (χ3n) is 5.57. The zero-order valence-corrected chi connectivity index (χ0v) is 17.6. The molecule has 0 radical (unpaired) electrons. The highest BCUT2D eigenvalue weighted by Gasteiger charge is 2.24. The molecule has 1 saturated carbocycles. The molecule has 1 aliphatic carbocycles. The predicted molar refractivity (Wildman–Crippen MR) is 114 cm³/mol.